The topological polar surface area (TPSA) is 48.0 Å². The first-order valence-electron chi connectivity index (χ1n) is 9.28. The van der Waals surface area contributed by atoms with Crippen LogP contribution >= 0.6 is 0 Å². The second-order valence-electron chi connectivity index (χ2n) is 6.82. The molecule has 1 aliphatic heterocycles. The fraction of sp³-hybridized carbons (Fsp3) is 0.381. The minimum absolute atomic E-state index is 0.0217. The van der Waals surface area contributed by atoms with Crippen molar-refractivity contribution in [1.82, 2.24) is 4.90 Å². The molecule has 9 heteroatoms. The molecule has 0 aliphatic carbocycles. The van der Waals surface area contributed by atoms with Gasteiger partial charge in [-0.2, -0.15) is 0 Å². The van der Waals surface area contributed by atoms with E-state index in [1.807, 2.05) is 0 Å². The van der Waals surface area contributed by atoms with Gasteiger partial charge in [-0.15, -0.1) is 13.2 Å². The van der Waals surface area contributed by atoms with Crippen molar-refractivity contribution in [2.24, 2.45) is 0 Å². The Balaban J connectivity index is 1.92. The van der Waals surface area contributed by atoms with Crippen LogP contribution in [0.25, 0.3) is 0 Å². The summed E-state index contributed by atoms with van der Waals surface area (Å²) in [7, 11) is 3.03. The predicted molar refractivity (Wildman–Crippen MR) is 99.8 cm³/mol. The molecule has 5 nitrogen and oxygen atoms in total. The number of methoxy groups -OCH3 is 2. The number of amides is 1. The van der Waals surface area contributed by atoms with Crippen LogP contribution in [0.2, 0.25) is 0 Å². The zero-order chi connectivity index (χ0) is 21.9. The van der Waals surface area contributed by atoms with Crippen LogP contribution in [0, 0.1) is 5.82 Å². The maximum absolute atomic E-state index is 14.1. The second-order valence-corrected chi connectivity index (χ2v) is 6.82. The number of halogens is 4. The first-order valence-corrected chi connectivity index (χ1v) is 9.28. The number of hydrogen-bond acceptors (Lipinski definition) is 4. The summed E-state index contributed by atoms with van der Waals surface area (Å²) in [5, 5.41) is 0. The van der Waals surface area contributed by atoms with Crippen molar-refractivity contribution in [3.63, 3.8) is 0 Å². The van der Waals surface area contributed by atoms with Crippen molar-refractivity contribution in [3.05, 3.63) is 53.3 Å². The lowest BCUT2D eigenvalue weighted by molar-refractivity contribution is -0.275. The van der Waals surface area contributed by atoms with Gasteiger partial charge in [0.15, 0.2) is 11.6 Å². The average molecular weight is 427 g/mol. The van der Waals surface area contributed by atoms with E-state index in [2.05, 4.69) is 4.74 Å². The van der Waals surface area contributed by atoms with Gasteiger partial charge < -0.3 is 19.1 Å². The highest BCUT2D eigenvalue weighted by molar-refractivity contribution is 5.78. The van der Waals surface area contributed by atoms with E-state index in [-0.39, 0.29) is 18.5 Å². The van der Waals surface area contributed by atoms with Crippen molar-refractivity contribution in [3.8, 4) is 17.2 Å². The largest absolute Gasteiger partial charge is 0.573 e. The number of carbonyl (C=O) groups excluding carboxylic acids is 1. The molecule has 1 aliphatic rings. The lowest BCUT2D eigenvalue weighted by Crippen LogP contribution is -2.38. The summed E-state index contributed by atoms with van der Waals surface area (Å²) in [4.78, 5) is 14.3. The highest BCUT2D eigenvalue weighted by Crippen LogP contribution is 2.42. The van der Waals surface area contributed by atoms with Crippen LogP contribution in [0.1, 0.15) is 36.4 Å². The van der Waals surface area contributed by atoms with Gasteiger partial charge in [-0.05, 0) is 42.7 Å². The van der Waals surface area contributed by atoms with E-state index in [9.17, 15) is 22.4 Å². The van der Waals surface area contributed by atoms with Crippen LogP contribution in [0.3, 0.4) is 0 Å². The molecule has 0 aromatic heterocycles. The van der Waals surface area contributed by atoms with Gasteiger partial charge in [-0.1, -0.05) is 12.1 Å². The molecule has 3 rings (SSSR count). The molecule has 1 amide bonds. The molecule has 2 aromatic carbocycles. The zero-order valence-corrected chi connectivity index (χ0v) is 16.5. The Kier molecular flexibility index (Phi) is 6.38. The van der Waals surface area contributed by atoms with E-state index in [4.69, 9.17) is 9.47 Å². The summed E-state index contributed by atoms with van der Waals surface area (Å²) >= 11 is 0. The molecule has 2 aromatic rings. The van der Waals surface area contributed by atoms with Crippen LogP contribution in [-0.4, -0.2) is 31.4 Å². The highest BCUT2D eigenvalue weighted by atomic mass is 19.4. The Morgan fingerprint density at radius 2 is 1.73 bits per heavy atom. The van der Waals surface area contributed by atoms with Gasteiger partial charge >= 0.3 is 6.36 Å². The van der Waals surface area contributed by atoms with Gasteiger partial charge in [0.25, 0.3) is 0 Å². The molecule has 30 heavy (non-hydrogen) atoms. The second kappa shape index (κ2) is 8.81. The van der Waals surface area contributed by atoms with Crippen LogP contribution in [0.5, 0.6) is 17.2 Å². The van der Waals surface area contributed by atoms with Gasteiger partial charge in [0.05, 0.1) is 25.8 Å². The summed E-state index contributed by atoms with van der Waals surface area (Å²) in [6.45, 7) is 0.0217. The molecule has 0 spiro atoms. The Hall–Kier alpha value is -2.97. The van der Waals surface area contributed by atoms with Gasteiger partial charge in [0.2, 0.25) is 5.91 Å². The Bertz CT molecular complexity index is 894. The zero-order valence-electron chi connectivity index (χ0n) is 16.5. The van der Waals surface area contributed by atoms with Crippen LogP contribution in [0.4, 0.5) is 17.6 Å². The van der Waals surface area contributed by atoms with Crippen molar-refractivity contribution in [2.45, 2.75) is 38.2 Å². The van der Waals surface area contributed by atoms with Crippen LogP contribution in [-0.2, 0) is 11.3 Å². The third-order valence-electron chi connectivity index (χ3n) is 4.94. The van der Waals surface area contributed by atoms with E-state index in [1.165, 1.54) is 20.3 Å². The van der Waals surface area contributed by atoms with Crippen molar-refractivity contribution in [2.75, 3.05) is 14.2 Å². The predicted octanol–water partition coefficient (Wildman–Crippen LogP) is 5.00. The first kappa shape index (κ1) is 21.7. The molecule has 1 fully saturated rings. The summed E-state index contributed by atoms with van der Waals surface area (Å²) < 4.78 is 65.8. The van der Waals surface area contributed by atoms with Gasteiger partial charge in [0, 0.05) is 13.0 Å². The number of alkyl halides is 3. The van der Waals surface area contributed by atoms with E-state index >= 15 is 0 Å². The molecule has 1 heterocycles. The molecule has 162 valence electrons. The number of benzene rings is 2. The number of nitrogens with zero attached hydrogens (tertiary/aromatic N) is 1. The minimum Gasteiger partial charge on any atom is -0.496 e. The number of ether oxygens (including phenoxy) is 3. The Labute approximate surface area is 171 Å². The fourth-order valence-corrected chi connectivity index (χ4v) is 3.67. The Morgan fingerprint density at radius 1 is 1.07 bits per heavy atom. The van der Waals surface area contributed by atoms with Gasteiger partial charge in [-0.3, -0.25) is 4.79 Å². The lowest BCUT2D eigenvalue weighted by Gasteiger charge is -2.37. The first-order chi connectivity index (χ1) is 14.2. The smallest absolute Gasteiger partial charge is 0.496 e. The molecule has 0 radical (unpaired) electrons. The summed E-state index contributed by atoms with van der Waals surface area (Å²) in [6.07, 6.45) is -3.36. The van der Waals surface area contributed by atoms with E-state index < -0.39 is 17.9 Å². The number of likely N-dealkylation sites (tertiary alicyclic amines) is 1. The third-order valence-corrected chi connectivity index (χ3v) is 4.94. The number of rotatable bonds is 6. The molecule has 1 saturated heterocycles. The van der Waals surface area contributed by atoms with E-state index in [0.717, 1.165) is 12.1 Å². The quantitative estimate of drug-likeness (QED) is 0.609. The van der Waals surface area contributed by atoms with E-state index in [1.54, 1.807) is 23.1 Å². The molecular weight excluding hydrogens is 406 g/mol. The van der Waals surface area contributed by atoms with Crippen LogP contribution < -0.4 is 14.2 Å². The normalized spacial score (nSPS) is 17.1. The molecule has 1 atom stereocenters. The summed E-state index contributed by atoms with van der Waals surface area (Å²) in [5.41, 5.74) is 1.05. The summed E-state index contributed by atoms with van der Waals surface area (Å²) in [5.74, 6) is -1.10. The fourth-order valence-electron chi connectivity index (χ4n) is 3.67. The molecule has 0 N–H and O–H groups in total. The van der Waals surface area contributed by atoms with Crippen molar-refractivity contribution in [1.29, 1.82) is 0 Å². The maximum Gasteiger partial charge on any atom is 0.573 e. The number of hydrogen-bond donors (Lipinski definition) is 0. The monoisotopic (exact) mass is 427 g/mol. The number of carbonyl (C=O) groups is 1. The highest BCUT2D eigenvalue weighted by Gasteiger charge is 2.34. The lowest BCUT2D eigenvalue weighted by atomic mass is 9.92. The minimum atomic E-state index is -4.99. The van der Waals surface area contributed by atoms with Gasteiger partial charge in [-0.25, -0.2) is 4.39 Å². The maximum atomic E-state index is 14.1. The molecule has 0 saturated carbocycles. The number of piperidine rings is 1. The van der Waals surface area contributed by atoms with E-state index in [0.29, 0.717) is 41.9 Å². The molecular formula is C21H21F4NO4. The standard InChI is InChI=1S/C21H21F4NO4/c1-28-17-6-4-7-18(29-2)20(17)15-5-3-8-19(27)26(15)12-13-9-10-16(14(22)11-13)30-21(23,24)25/h4,6-7,9-11,15H,3,5,8,12H2,1-2H3. The van der Waals surface area contributed by atoms with Gasteiger partial charge in [0.1, 0.15) is 11.5 Å². The van der Waals surface area contributed by atoms with Crippen molar-refractivity contribution < 1.29 is 36.6 Å². The summed E-state index contributed by atoms with van der Waals surface area (Å²) in [6, 6.07) is 8.07. The molecule has 0 bridgehead atoms. The van der Waals surface area contributed by atoms with Crippen molar-refractivity contribution >= 4 is 5.91 Å². The average Bonchev–Trinajstić information content (AvgIpc) is 2.70. The Morgan fingerprint density at radius 3 is 2.30 bits per heavy atom. The van der Waals surface area contributed by atoms with Crippen LogP contribution in [0.15, 0.2) is 36.4 Å². The molecule has 1 unspecified atom stereocenters. The SMILES string of the molecule is COc1cccc(OC)c1C1CCCC(=O)N1Cc1ccc(OC(F)(F)F)c(F)c1. The third kappa shape index (κ3) is 4.77.